The fraction of sp³-hybridized carbons (Fsp3) is 0.517. The van der Waals surface area contributed by atoms with Gasteiger partial charge in [-0.15, -0.1) is 0 Å². The number of rotatable bonds is 13. The molecule has 0 radical (unpaired) electrons. The van der Waals surface area contributed by atoms with Crippen molar-refractivity contribution in [1.82, 2.24) is 10.6 Å². The summed E-state index contributed by atoms with van der Waals surface area (Å²) >= 11 is 0. The van der Waals surface area contributed by atoms with E-state index < -0.39 is 36.7 Å². The minimum absolute atomic E-state index is 0.0720. The number of aliphatic hydroxyl groups is 1. The van der Waals surface area contributed by atoms with Crippen LogP contribution >= 0.6 is 0 Å². The van der Waals surface area contributed by atoms with Gasteiger partial charge in [0, 0.05) is 20.1 Å². The Hall–Kier alpha value is -2.98. The number of carbonyl (C=O) groups is 2. The topological polar surface area (TPSA) is 115 Å². The number of aliphatic hydroxyl groups excluding tert-OH is 1. The molecule has 9 heteroatoms. The second kappa shape index (κ2) is 14.8. The van der Waals surface area contributed by atoms with Crippen molar-refractivity contribution in [3.05, 3.63) is 66.2 Å². The molecule has 1 fully saturated rings. The lowest BCUT2D eigenvalue weighted by Crippen LogP contribution is -2.63. The summed E-state index contributed by atoms with van der Waals surface area (Å²) in [6.45, 7) is 7.82. The number of nitrogens with one attached hydrogen (secondary N) is 2. The van der Waals surface area contributed by atoms with Crippen molar-refractivity contribution < 1.29 is 33.6 Å². The van der Waals surface area contributed by atoms with Crippen LogP contribution in [0.1, 0.15) is 39.7 Å². The molecular formula is C29H40N2O7. The molecule has 0 saturated carbocycles. The molecule has 1 aliphatic heterocycles. The van der Waals surface area contributed by atoms with Crippen LogP contribution < -0.4 is 15.4 Å². The van der Waals surface area contributed by atoms with Crippen molar-refractivity contribution in [3.8, 4) is 5.75 Å². The maximum absolute atomic E-state index is 13.0. The van der Waals surface area contributed by atoms with E-state index >= 15 is 0 Å². The fourth-order valence-electron chi connectivity index (χ4n) is 4.27. The molecule has 38 heavy (non-hydrogen) atoms. The third-order valence-corrected chi connectivity index (χ3v) is 6.20. The first-order valence-corrected chi connectivity index (χ1v) is 13.2. The summed E-state index contributed by atoms with van der Waals surface area (Å²) in [5.41, 5.74) is 0.945. The third kappa shape index (κ3) is 8.52. The largest absolute Gasteiger partial charge is 0.462 e. The van der Waals surface area contributed by atoms with Gasteiger partial charge in [-0.25, -0.2) is 0 Å². The first-order valence-electron chi connectivity index (χ1n) is 13.2. The summed E-state index contributed by atoms with van der Waals surface area (Å²) in [5, 5.41) is 16.9. The quantitative estimate of drug-likeness (QED) is 0.366. The lowest BCUT2D eigenvalue weighted by molar-refractivity contribution is -0.289. The number of hydrogen-bond donors (Lipinski definition) is 3. The van der Waals surface area contributed by atoms with Crippen LogP contribution in [0, 0.1) is 5.92 Å². The van der Waals surface area contributed by atoms with Gasteiger partial charge < -0.3 is 34.7 Å². The molecule has 0 spiro atoms. The molecule has 9 nitrogen and oxygen atoms in total. The van der Waals surface area contributed by atoms with E-state index in [1.165, 1.54) is 6.92 Å². The molecule has 3 rings (SSSR count). The molecule has 1 unspecified atom stereocenters. The summed E-state index contributed by atoms with van der Waals surface area (Å²) in [5.74, 6) is -0.206. The number of hydrogen-bond acceptors (Lipinski definition) is 7. The zero-order chi connectivity index (χ0) is 27.5. The van der Waals surface area contributed by atoms with Crippen molar-refractivity contribution in [2.45, 2.75) is 77.5 Å². The average molecular weight is 529 g/mol. The molecule has 6 atom stereocenters. The minimum atomic E-state index is -1.16. The maximum atomic E-state index is 13.0. The summed E-state index contributed by atoms with van der Waals surface area (Å²) < 4.78 is 24.6. The van der Waals surface area contributed by atoms with Gasteiger partial charge in [-0.3, -0.25) is 9.59 Å². The Morgan fingerprint density at radius 3 is 2.26 bits per heavy atom. The van der Waals surface area contributed by atoms with Gasteiger partial charge in [0.05, 0.1) is 6.61 Å². The van der Waals surface area contributed by atoms with Crippen molar-refractivity contribution >= 4 is 11.8 Å². The summed E-state index contributed by atoms with van der Waals surface area (Å²) in [4.78, 5) is 24.6. The van der Waals surface area contributed by atoms with E-state index in [0.717, 1.165) is 12.0 Å². The molecule has 1 heterocycles. The van der Waals surface area contributed by atoms with E-state index in [1.54, 1.807) is 12.1 Å². The number of ether oxygens (including phenoxy) is 4. The van der Waals surface area contributed by atoms with E-state index in [4.69, 9.17) is 18.9 Å². The Kier molecular flexibility index (Phi) is 11.5. The van der Waals surface area contributed by atoms with Gasteiger partial charge in [0.25, 0.3) is 0 Å². The summed E-state index contributed by atoms with van der Waals surface area (Å²) in [6.07, 6.45) is -3.62. The normalized spacial score (nSPS) is 24.0. The predicted molar refractivity (Wildman–Crippen MR) is 142 cm³/mol. The molecular weight excluding hydrogens is 488 g/mol. The highest BCUT2D eigenvalue weighted by Crippen LogP contribution is 2.29. The summed E-state index contributed by atoms with van der Waals surface area (Å²) in [7, 11) is 0. The van der Waals surface area contributed by atoms with Gasteiger partial charge in [-0.1, -0.05) is 69.3 Å². The molecule has 1 aliphatic rings. The standard InChI is InChI=1S/C29H40N2O7/c1-5-16-35-26-23(17-30-28(34)24(19(2)3)31-20(4)32)38-29(37-22-14-10-7-11-15-22)25(33)27(26)36-18-21-12-8-6-9-13-21/h6-15,19,23-27,29,33H,5,16-18H2,1-4H3,(H,30,34)(H,31,32)/t23-,24?,25-,26-,27-,29-/m1/s1. The Labute approximate surface area is 224 Å². The third-order valence-electron chi connectivity index (χ3n) is 6.20. The molecule has 0 aliphatic carbocycles. The van der Waals surface area contributed by atoms with Crippen LogP contribution in [-0.2, 0) is 30.4 Å². The highest BCUT2D eigenvalue weighted by Gasteiger charge is 2.48. The van der Waals surface area contributed by atoms with Crippen LogP contribution in [0.3, 0.4) is 0 Å². The van der Waals surface area contributed by atoms with Crippen molar-refractivity contribution in [2.24, 2.45) is 5.92 Å². The zero-order valence-corrected chi connectivity index (χ0v) is 22.5. The second-order valence-corrected chi connectivity index (χ2v) is 9.73. The molecule has 208 valence electrons. The molecule has 2 aromatic carbocycles. The van der Waals surface area contributed by atoms with Gasteiger partial charge in [0.15, 0.2) is 0 Å². The van der Waals surface area contributed by atoms with Gasteiger partial charge in [0.1, 0.15) is 36.2 Å². The Balaban J connectivity index is 1.82. The smallest absolute Gasteiger partial charge is 0.242 e. The predicted octanol–water partition coefficient (Wildman–Crippen LogP) is 2.81. The van der Waals surface area contributed by atoms with Crippen LogP contribution in [0.25, 0.3) is 0 Å². The van der Waals surface area contributed by atoms with Gasteiger partial charge >= 0.3 is 0 Å². The number of amides is 2. The van der Waals surface area contributed by atoms with E-state index in [1.807, 2.05) is 69.3 Å². The lowest BCUT2D eigenvalue weighted by Gasteiger charge is -2.44. The molecule has 2 aromatic rings. The van der Waals surface area contributed by atoms with Crippen LogP contribution in [0.5, 0.6) is 5.75 Å². The fourth-order valence-corrected chi connectivity index (χ4v) is 4.27. The Morgan fingerprint density at radius 1 is 1.00 bits per heavy atom. The molecule has 3 N–H and O–H groups in total. The highest BCUT2D eigenvalue weighted by molar-refractivity contribution is 5.87. The summed E-state index contributed by atoms with van der Waals surface area (Å²) in [6, 6.07) is 18.0. The van der Waals surface area contributed by atoms with Crippen LogP contribution in [0.15, 0.2) is 60.7 Å². The van der Waals surface area contributed by atoms with Crippen LogP contribution in [-0.4, -0.2) is 66.8 Å². The minimum Gasteiger partial charge on any atom is -0.462 e. The highest BCUT2D eigenvalue weighted by atomic mass is 16.7. The van der Waals surface area contributed by atoms with E-state index in [0.29, 0.717) is 12.4 Å². The maximum Gasteiger partial charge on any atom is 0.242 e. The number of para-hydroxylation sites is 1. The van der Waals surface area contributed by atoms with E-state index in [9.17, 15) is 14.7 Å². The number of carbonyl (C=O) groups excluding carboxylic acids is 2. The average Bonchev–Trinajstić information content (AvgIpc) is 2.91. The first-order chi connectivity index (χ1) is 18.3. The van der Waals surface area contributed by atoms with E-state index in [-0.39, 0.29) is 30.9 Å². The molecule has 0 aromatic heterocycles. The molecule has 1 saturated heterocycles. The van der Waals surface area contributed by atoms with Crippen LogP contribution in [0.2, 0.25) is 0 Å². The first kappa shape index (κ1) is 29.6. The zero-order valence-electron chi connectivity index (χ0n) is 22.5. The van der Waals surface area contributed by atoms with E-state index in [2.05, 4.69) is 10.6 Å². The molecule has 2 amide bonds. The Morgan fingerprint density at radius 2 is 1.66 bits per heavy atom. The van der Waals surface area contributed by atoms with Gasteiger partial charge in [-0.2, -0.15) is 0 Å². The monoisotopic (exact) mass is 528 g/mol. The van der Waals surface area contributed by atoms with Gasteiger partial charge in [0.2, 0.25) is 18.1 Å². The lowest BCUT2D eigenvalue weighted by atomic mass is 9.97. The van der Waals surface area contributed by atoms with Crippen molar-refractivity contribution in [3.63, 3.8) is 0 Å². The van der Waals surface area contributed by atoms with Crippen molar-refractivity contribution in [1.29, 1.82) is 0 Å². The van der Waals surface area contributed by atoms with Gasteiger partial charge in [-0.05, 0) is 30.0 Å². The van der Waals surface area contributed by atoms with Crippen molar-refractivity contribution in [2.75, 3.05) is 13.2 Å². The molecule has 0 bridgehead atoms. The Bertz CT molecular complexity index is 989. The second-order valence-electron chi connectivity index (χ2n) is 9.73. The van der Waals surface area contributed by atoms with Crippen LogP contribution in [0.4, 0.5) is 0 Å². The number of benzene rings is 2. The SMILES string of the molecule is CCCO[C@H]1[C@H](OCc2ccccc2)[C@@H](O)[C@H](Oc2ccccc2)O[C@@H]1CNC(=O)C(NC(C)=O)C(C)C.